The molecule has 1 heterocycles. The number of nitrogens with one attached hydrogen (secondary N) is 4. The number of rotatable bonds is 15. The number of carboxylic acids is 3. The van der Waals surface area contributed by atoms with Crippen LogP contribution in [0, 0.1) is 0 Å². The van der Waals surface area contributed by atoms with Crippen molar-refractivity contribution < 1.29 is 43.7 Å². The Labute approximate surface area is 250 Å². The molecular formula is C28H32FN7O8. The number of alkyl halides is 1. The van der Waals surface area contributed by atoms with Crippen LogP contribution in [0.4, 0.5) is 25.4 Å². The Hall–Kier alpha value is -5.54. The highest BCUT2D eigenvalue weighted by molar-refractivity contribution is 5.99. The van der Waals surface area contributed by atoms with Crippen LogP contribution >= 0.6 is 0 Å². The Bertz CT molecular complexity index is 1480. The van der Waals surface area contributed by atoms with E-state index < -0.39 is 61.1 Å². The molecule has 0 saturated carbocycles. The lowest BCUT2D eigenvalue weighted by Gasteiger charge is -2.26. The van der Waals surface area contributed by atoms with Gasteiger partial charge in [0.25, 0.3) is 0 Å². The molecule has 3 rings (SSSR count). The van der Waals surface area contributed by atoms with E-state index in [9.17, 15) is 38.6 Å². The summed E-state index contributed by atoms with van der Waals surface area (Å²) in [6, 6.07) is 9.90. The van der Waals surface area contributed by atoms with Gasteiger partial charge >= 0.3 is 30.0 Å². The zero-order valence-electron chi connectivity index (χ0n) is 23.6. The second-order valence-electron chi connectivity index (χ2n) is 9.99. The fourth-order valence-corrected chi connectivity index (χ4v) is 3.96. The highest BCUT2D eigenvalue weighted by Crippen LogP contribution is 2.16. The Kier molecular flexibility index (Phi) is 11.3. The fourth-order valence-electron chi connectivity index (χ4n) is 3.96. The second-order valence-corrected chi connectivity index (χ2v) is 9.99. The topological polar surface area (TPSA) is 225 Å². The van der Waals surface area contributed by atoms with Crippen LogP contribution in [0.3, 0.4) is 0 Å². The number of urea groups is 2. The smallest absolute Gasteiger partial charge is 0.329 e. The number of carboxylic acid groups (broad SMARTS) is 3. The lowest BCUT2D eigenvalue weighted by Crippen LogP contribution is -2.58. The molecule has 15 nitrogen and oxygen atoms in total. The molecule has 0 aliphatic rings. The normalized spacial score (nSPS) is 12.8. The summed E-state index contributed by atoms with van der Waals surface area (Å²) in [7, 11) is 0. The van der Waals surface area contributed by atoms with E-state index in [4.69, 9.17) is 5.11 Å². The standard InChI is InChI=1S/C28H32FN7O8/c1-28(25(41)42,13-12-23(37)38)33-27(44)32-22(24(39)40)15-17-4-6-18(7-5-17)30-26(43)31-19-8-10-21(11-9-19)36-16-20(34-35-36)3-2-14-29/h4-11,16,22H,2-3,12-15H2,1H3,(H,37,38)(H,39,40)(H,41,42)(H2,30,31,43)(H2,32,33,44)/t22-,28?/m0/s1. The van der Waals surface area contributed by atoms with Crippen molar-refractivity contribution in [3.05, 3.63) is 66.0 Å². The van der Waals surface area contributed by atoms with Gasteiger partial charge in [-0.3, -0.25) is 9.18 Å². The monoisotopic (exact) mass is 613 g/mol. The minimum absolute atomic E-state index is 0.163. The van der Waals surface area contributed by atoms with Gasteiger partial charge in [-0.2, -0.15) is 0 Å². The Morgan fingerprint density at radius 1 is 0.932 bits per heavy atom. The summed E-state index contributed by atoms with van der Waals surface area (Å²) in [6.45, 7) is 0.691. The van der Waals surface area contributed by atoms with Gasteiger partial charge in [-0.25, -0.2) is 23.9 Å². The number of anilines is 2. The van der Waals surface area contributed by atoms with E-state index >= 15 is 0 Å². The van der Waals surface area contributed by atoms with Crippen LogP contribution in [0.15, 0.2) is 54.7 Å². The SMILES string of the molecule is CC(CCC(=O)O)(NC(=O)N[C@@H](Cc1ccc(NC(=O)Nc2ccc(-n3cc(CCCF)nn3)cc2)cc1)C(=O)O)C(=O)O. The molecular weight excluding hydrogens is 581 g/mol. The number of aliphatic carboxylic acids is 3. The molecule has 0 radical (unpaired) electrons. The molecule has 3 aromatic rings. The lowest BCUT2D eigenvalue weighted by atomic mass is 9.96. The van der Waals surface area contributed by atoms with Gasteiger partial charge < -0.3 is 36.6 Å². The van der Waals surface area contributed by atoms with E-state index in [1.54, 1.807) is 47.3 Å². The second kappa shape index (κ2) is 15.1. The van der Waals surface area contributed by atoms with Crippen LogP contribution in [-0.2, 0) is 27.2 Å². The van der Waals surface area contributed by atoms with Gasteiger partial charge in [-0.15, -0.1) is 5.10 Å². The third-order valence-electron chi connectivity index (χ3n) is 6.45. The Morgan fingerprint density at radius 3 is 2.09 bits per heavy atom. The number of hydrogen-bond acceptors (Lipinski definition) is 7. The first-order valence-corrected chi connectivity index (χ1v) is 13.4. The van der Waals surface area contributed by atoms with Crippen molar-refractivity contribution in [1.29, 1.82) is 0 Å². The minimum atomic E-state index is -1.93. The Balaban J connectivity index is 1.53. The van der Waals surface area contributed by atoms with Crippen molar-refractivity contribution in [2.45, 2.75) is 50.6 Å². The van der Waals surface area contributed by atoms with Crippen LogP contribution in [0.5, 0.6) is 0 Å². The fraction of sp³-hybridized carbons (Fsp3) is 0.321. The highest BCUT2D eigenvalue weighted by Gasteiger charge is 2.36. The first kappa shape index (κ1) is 33.0. The summed E-state index contributed by atoms with van der Waals surface area (Å²) < 4.78 is 13.9. The third-order valence-corrected chi connectivity index (χ3v) is 6.45. The average molecular weight is 614 g/mol. The number of carbonyl (C=O) groups is 5. The van der Waals surface area contributed by atoms with Crippen molar-refractivity contribution in [3.63, 3.8) is 0 Å². The zero-order chi connectivity index (χ0) is 32.3. The summed E-state index contributed by atoms with van der Waals surface area (Å²) >= 11 is 0. The number of carbonyl (C=O) groups excluding carboxylic acids is 2. The quantitative estimate of drug-likeness (QED) is 0.133. The molecule has 0 aliphatic heterocycles. The highest BCUT2D eigenvalue weighted by atomic mass is 19.1. The molecule has 7 N–H and O–H groups in total. The van der Waals surface area contributed by atoms with Crippen molar-refractivity contribution in [2.75, 3.05) is 17.3 Å². The number of nitrogens with zero attached hydrogens (tertiary/aromatic N) is 3. The molecule has 0 saturated heterocycles. The number of aryl methyl sites for hydroxylation is 1. The summed E-state index contributed by atoms with van der Waals surface area (Å²) in [4.78, 5) is 59.0. The summed E-state index contributed by atoms with van der Waals surface area (Å²) in [6.07, 6.45) is 1.46. The van der Waals surface area contributed by atoms with E-state index in [-0.39, 0.29) is 6.42 Å². The molecule has 1 unspecified atom stereocenters. The molecule has 44 heavy (non-hydrogen) atoms. The molecule has 2 atom stereocenters. The number of amides is 4. The van der Waals surface area contributed by atoms with Gasteiger partial charge in [-0.1, -0.05) is 17.3 Å². The number of aromatic nitrogens is 3. The van der Waals surface area contributed by atoms with Crippen LogP contribution in [-0.4, -0.2) is 78.5 Å². The first-order chi connectivity index (χ1) is 20.9. The molecule has 1 aromatic heterocycles. The number of benzene rings is 2. The van der Waals surface area contributed by atoms with Crippen LogP contribution < -0.4 is 21.3 Å². The summed E-state index contributed by atoms with van der Waals surface area (Å²) in [5.41, 5.74) is 0.832. The van der Waals surface area contributed by atoms with Gasteiger partial charge in [0.15, 0.2) is 0 Å². The van der Waals surface area contributed by atoms with Crippen molar-refractivity contribution in [3.8, 4) is 5.69 Å². The van der Waals surface area contributed by atoms with Crippen molar-refractivity contribution in [1.82, 2.24) is 25.6 Å². The van der Waals surface area contributed by atoms with Crippen LogP contribution in [0.1, 0.15) is 37.4 Å². The number of halogens is 1. The predicted octanol–water partition coefficient (Wildman–Crippen LogP) is 2.82. The average Bonchev–Trinajstić information content (AvgIpc) is 3.45. The largest absolute Gasteiger partial charge is 0.481 e. The van der Waals surface area contributed by atoms with E-state index in [0.29, 0.717) is 41.2 Å². The van der Waals surface area contributed by atoms with Crippen molar-refractivity contribution in [2.24, 2.45) is 0 Å². The molecule has 0 bridgehead atoms. The molecule has 16 heteroatoms. The molecule has 0 aliphatic carbocycles. The van der Waals surface area contributed by atoms with E-state index in [2.05, 4.69) is 31.6 Å². The predicted molar refractivity (Wildman–Crippen MR) is 154 cm³/mol. The van der Waals surface area contributed by atoms with E-state index in [1.165, 1.54) is 12.1 Å². The maximum atomic E-state index is 12.5. The van der Waals surface area contributed by atoms with E-state index in [1.807, 2.05) is 0 Å². The van der Waals surface area contributed by atoms with Gasteiger partial charge in [-0.05, 0) is 68.1 Å². The maximum Gasteiger partial charge on any atom is 0.329 e. The summed E-state index contributed by atoms with van der Waals surface area (Å²) in [5, 5.41) is 45.5. The molecule has 0 spiro atoms. The van der Waals surface area contributed by atoms with E-state index in [0.717, 1.165) is 6.92 Å². The minimum Gasteiger partial charge on any atom is -0.481 e. The molecule has 234 valence electrons. The van der Waals surface area contributed by atoms with Crippen molar-refractivity contribution >= 4 is 41.3 Å². The first-order valence-electron chi connectivity index (χ1n) is 13.4. The molecule has 0 fully saturated rings. The van der Waals surface area contributed by atoms with Gasteiger partial charge in [0.05, 0.1) is 24.3 Å². The maximum absolute atomic E-state index is 12.5. The lowest BCUT2D eigenvalue weighted by molar-refractivity contribution is -0.145. The van der Waals surface area contributed by atoms with Gasteiger partial charge in [0.2, 0.25) is 0 Å². The molecule has 2 aromatic carbocycles. The van der Waals surface area contributed by atoms with Crippen LogP contribution in [0.25, 0.3) is 5.69 Å². The third kappa shape index (κ3) is 9.78. The molecule has 4 amide bonds. The van der Waals surface area contributed by atoms with Crippen LogP contribution in [0.2, 0.25) is 0 Å². The Morgan fingerprint density at radius 2 is 1.55 bits per heavy atom. The number of hydrogen-bond donors (Lipinski definition) is 7. The van der Waals surface area contributed by atoms with Gasteiger partial charge in [0.1, 0.15) is 11.6 Å². The van der Waals surface area contributed by atoms with Gasteiger partial charge in [0, 0.05) is 24.2 Å². The summed E-state index contributed by atoms with van der Waals surface area (Å²) in [5.74, 6) is -4.10. The zero-order valence-corrected chi connectivity index (χ0v) is 23.6.